The van der Waals surface area contributed by atoms with Gasteiger partial charge in [0.2, 0.25) is 5.95 Å². The first-order chi connectivity index (χ1) is 12.5. The zero-order valence-electron chi connectivity index (χ0n) is 15.1. The number of anilines is 4. The summed E-state index contributed by atoms with van der Waals surface area (Å²) in [6.45, 7) is 6.21. The second-order valence-electron chi connectivity index (χ2n) is 6.04. The lowest BCUT2D eigenvalue weighted by Gasteiger charge is -2.13. The van der Waals surface area contributed by atoms with Crippen molar-refractivity contribution in [3.63, 3.8) is 0 Å². The maximum Gasteiger partial charge on any atom is 0.249 e. The molecule has 0 fully saturated rings. The molecule has 2 N–H and O–H groups in total. The van der Waals surface area contributed by atoms with Gasteiger partial charge in [-0.25, -0.2) is 0 Å². The number of hydrogen-bond donors (Lipinski definition) is 2. The van der Waals surface area contributed by atoms with Crippen molar-refractivity contribution in [3.05, 3.63) is 58.2 Å². The van der Waals surface area contributed by atoms with Gasteiger partial charge in [0.1, 0.15) is 5.75 Å². The summed E-state index contributed by atoms with van der Waals surface area (Å²) in [5.41, 5.74) is 5.30. The maximum atomic E-state index is 6.15. The van der Waals surface area contributed by atoms with Gasteiger partial charge in [-0.05, 0) is 50.1 Å². The van der Waals surface area contributed by atoms with E-state index in [4.69, 9.17) is 16.3 Å². The highest BCUT2D eigenvalue weighted by Crippen LogP contribution is 2.29. The molecule has 0 spiro atoms. The molecular formula is C19H20ClN5O. The molecule has 0 unspecified atom stereocenters. The average Bonchev–Trinajstić information content (AvgIpc) is 2.59. The first-order valence-electron chi connectivity index (χ1n) is 8.11. The van der Waals surface area contributed by atoms with Gasteiger partial charge in [0.25, 0.3) is 0 Å². The second-order valence-corrected chi connectivity index (χ2v) is 6.45. The Kier molecular flexibility index (Phi) is 5.23. The van der Waals surface area contributed by atoms with E-state index in [1.807, 2.05) is 6.07 Å². The number of aryl methyl sites for hydroxylation is 3. The lowest BCUT2D eigenvalue weighted by molar-refractivity contribution is 0.415. The molecular weight excluding hydrogens is 350 g/mol. The van der Waals surface area contributed by atoms with Gasteiger partial charge in [0.05, 0.1) is 18.3 Å². The van der Waals surface area contributed by atoms with E-state index in [-0.39, 0.29) is 0 Å². The summed E-state index contributed by atoms with van der Waals surface area (Å²) >= 11 is 6.15. The Morgan fingerprint density at radius 2 is 1.73 bits per heavy atom. The summed E-state index contributed by atoms with van der Waals surface area (Å²) in [6.07, 6.45) is 1.59. The quantitative estimate of drug-likeness (QED) is 0.663. The number of benzene rings is 2. The van der Waals surface area contributed by atoms with E-state index in [1.54, 1.807) is 25.4 Å². The van der Waals surface area contributed by atoms with Crippen LogP contribution in [0.15, 0.2) is 36.5 Å². The summed E-state index contributed by atoms with van der Waals surface area (Å²) in [4.78, 5) is 4.47. The molecule has 0 aliphatic rings. The van der Waals surface area contributed by atoms with Gasteiger partial charge in [-0.3, -0.25) is 0 Å². The van der Waals surface area contributed by atoms with E-state index < -0.39 is 0 Å². The predicted molar refractivity (Wildman–Crippen MR) is 105 cm³/mol. The smallest absolute Gasteiger partial charge is 0.249 e. The number of rotatable bonds is 5. The van der Waals surface area contributed by atoms with Crippen molar-refractivity contribution in [2.45, 2.75) is 20.8 Å². The van der Waals surface area contributed by atoms with Crippen LogP contribution < -0.4 is 15.4 Å². The van der Waals surface area contributed by atoms with E-state index in [0.29, 0.717) is 22.5 Å². The van der Waals surface area contributed by atoms with Crippen molar-refractivity contribution in [2.24, 2.45) is 0 Å². The van der Waals surface area contributed by atoms with Crippen molar-refractivity contribution in [3.8, 4) is 5.75 Å². The summed E-state index contributed by atoms with van der Waals surface area (Å²) in [5.74, 6) is 1.59. The third kappa shape index (κ3) is 4.03. The Bertz CT molecular complexity index is 922. The van der Waals surface area contributed by atoms with E-state index in [0.717, 1.165) is 22.5 Å². The van der Waals surface area contributed by atoms with Crippen LogP contribution in [0.1, 0.15) is 16.7 Å². The summed E-state index contributed by atoms with van der Waals surface area (Å²) in [6, 6.07) is 9.62. The summed E-state index contributed by atoms with van der Waals surface area (Å²) in [7, 11) is 1.57. The molecule has 0 aliphatic heterocycles. The van der Waals surface area contributed by atoms with Gasteiger partial charge in [0.15, 0.2) is 5.82 Å². The van der Waals surface area contributed by atoms with E-state index in [2.05, 4.69) is 58.7 Å². The highest BCUT2D eigenvalue weighted by atomic mass is 35.5. The molecule has 1 heterocycles. The fourth-order valence-electron chi connectivity index (χ4n) is 2.80. The van der Waals surface area contributed by atoms with Crippen molar-refractivity contribution < 1.29 is 4.74 Å². The van der Waals surface area contributed by atoms with Crippen LogP contribution in [0.2, 0.25) is 5.02 Å². The van der Waals surface area contributed by atoms with Gasteiger partial charge < -0.3 is 15.4 Å². The van der Waals surface area contributed by atoms with Crippen LogP contribution in [-0.4, -0.2) is 22.3 Å². The minimum Gasteiger partial charge on any atom is -0.495 e. The van der Waals surface area contributed by atoms with Crippen LogP contribution in [0.4, 0.5) is 23.1 Å². The molecule has 1 aromatic heterocycles. The Morgan fingerprint density at radius 1 is 1.00 bits per heavy atom. The third-order valence-electron chi connectivity index (χ3n) is 3.90. The lowest BCUT2D eigenvalue weighted by Crippen LogP contribution is -2.04. The molecule has 3 rings (SSSR count). The lowest BCUT2D eigenvalue weighted by atomic mass is 10.1. The first-order valence-corrected chi connectivity index (χ1v) is 8.49. The third-order valence-corrected chi connectivity index (χ3v) is 4.19. The van der Waals surface area contributed by atoms with Crippen LogP contribution in [0.5, 0.6) is 5.75 Å². The van der Waals surface area contributed by atoms with Crippen LogP contribution in [0.25, 0.3) is 0 Å². The molecule has 3 aromatic rings. The number of halogens is 1. The number of ether oxygens (including phenoxy) is 1. The topological polar surface area (TPSA) is 72.0 Å². The SMILES string of the molecule is COc1ccc(Nc2nncc(Nc3c(C)cc(C)cc3C)n2)cc1Cl. The Balaban J connectivity index is 1.82. The van der Waals surface area contributed by atoms with Gasteiger partial charge in [-0.2, -0.15) is 10.1 Å². The second kappa shape index (κ2) is 7.58. The van der Waals surface area contributed by atoms with Crippen LogP contribution in [-0.2, 0) is 0 Å². The number of methoxy groups -OCH3 is 1. The van der Waals surface area contributed by atoms with Crippen molar-refractivity contribution in [1.82, 2.24) is 15.2 Å². The van der Waals surface area contributed by atoms with E-state index >= 15 is 0 Å². The zero-order chi connectivity index (χ0) is 18.7. The highest BCUT2D eigenvalue weighted by molar-refractivity contribution is 6.32. The maximum absolute atomic E-state index is 6.15. The molecule has 0 bridgehead atoms. The monoisotopic (exact) mass is 369 g/mol. The molecule has 2 aromatic carbocycles. The Hall–Kier alpha value is -2.86. The highest BCUT2D eigenvalue weighted by Gasteiger charge is 2.08. The molecule has 0 aliphatic carbocycles. The minimum absolute atomic E-state index is 0.374. The molecule has 0 radical (unpaired) electrons. The van der Waals surface area contributed by atoms with E-state index in [1.165, 1.54) is 5.56 Å². The summed E-state index contributed by atoms with van der Waals surface area (Å²) < 4.78 is 5.15. The molecule has 0 amide bonds. The molecule has 7 heteroatoms. The molecule has 0 saturated heterocycles. The van der Waals surface area contributed by atoms with Gasteiger partial charge in [0, 0.05) is 11.4 Å². The van der Waals surface area contributed by atoms with Crippen LogP contribution >= 0.6 is 11.6 Å². The molecule has 134 valence electrons. The Morgan fingerprint density at radius 3 is 2.38 bits per heavy atom. The van der Waals surface area contributed by atoms with Crippen LogP contribution in [0.3, 0.4) is 0 Å². The van der Waals surface area contributed by atoms with Crippen molar-refractivity contribution in [1.29, 1.82) is 0 Å². The van der Waals surface area contributed by atoms with Crippen molar-refractivity contribution in [2.75, 3.05) is 17.7 Å². The van der Waals surface area contributed by atoms with Gasteiger partial charge >= 0.3 is 0 Å². The fourth-order valence-corrected chi connectivity index (χ4v) is 3.05. The summed E-state index contributed by atoms with van der Waals surface area (Å²) in [5, 5.41) is 15.0. The Labute approximate surface area is 157 Å². The first kappa shape index (κ1) is 17.9. The van der Waals surface area contributed by atoms with Gasteiger partial charge in [-0.15, -0.1) is 5.10 Å². The predicted octanol–water partition coefficient (Wildman–Crippen LogP) is 4.95. The standard InChI is InChI=1S/C19H20ClN5O/c1-11-7-12(2)18(13(3)8-11)23-17-10-21-25-19(24-17)22-14-5-6-16(26-4)15(20)9-14/h5-10H,1-4H3,(H2,22,23,24,25). The van der Waals surface area contributed by atoms with Crippen molar-refractivity contribution >= 4 is 34.7 Å². The average molecular weight is 370 g/mol. The fraction of sp³-hybridized carbons (Fsp3) is 0.211. The van der Waals surface area contributed by atoms with Gasteiger partial charge in [-0.1, -0.05) is 29.3 Å². The number of nitrogens with one attached hydrogen (secondary N) is 2. The largest absolute Gasteiger partial charge is 0.495 e. The number of nitrogens with zero attached hydrogens (tertiary/aromatic N) is 3. The zero-order valence-corrected chi connectivity index (χ0v) is 15.8. The van der Waals surface area contributed by atoms with E-state index in [9.17, 15) is 0 Å². The number of aromatic nitrogens is 3. The number of hydrogen-bond acceptors (Lipinski definition) is 6. The molecule has 6 nitrogen and oxygen atoms in total. The normalized spacial score (nSPS) is 10.5. The van der Waals surface area contributed by atoms with Crippen LogP contribution in [0, 0.1) is 20.8 Å². The minimum atomic E-state index is 0.374. The molecule has 26 heavy (non-hydrogen) atoms. The molecule has 0 atom stereocenters. The molecule has 0 saturated carbocycles.